The molecule has 1 rings (SSSR count). The van der Waals surface area contributed by atoms with Crippen molar-refractivity contribution in [2.24, 2.45) is 5.41 Å². The molecule has 2 heteroatoms. The van der Waals surface area contributed by atoms with Gasteiger partial charge in [0.1, 0.15) is 0 Å². The van der Waals surface area contributed by atoms with Crippen LogP contribution in [0.25, 0.3) is 0 Å². The van der Waals surface area contributed by atoms with Gasteiger partial charge >= 0.3 is 0 Å². The monoisotopic (exact) mass is 222 g/mol. The topological polar surface area (TPSA) is 35.8 Å². The first-order valence-corrected chi connectivity index (χ1v) is 6.74. The van der Waals surface area contributed by atoms with Crippen molar-refractivity contribution in [3.8, 4) is 6.07 Å². The van der Waals surface area contributed by atoms with Crippen LogP contribution in [0, 0.1) is 16.7 Å². The molecule has 1 fully saturated rings. The minimum atomic E-state index is 0.266. The summed E-state index contributed by atoms with van der Waals surface area (Å²) in [6.45, 7) is 5.57. The second kappa shape index (κ2) is 6.91. The van der Waals surface area contributed by atoms with Gasteiger partial charge in [-0.15, -0.1) is 0 Å². The smallest absolute Gasteiger partial charge is 0.0621 e. The van der Waals surface area contributed by atoms with Crippen molar-refractivity contribution >= 4 is 0 Å². The molecular weight excluding hydrogens is 196 g/mol. The summed E-state index contributed by atoms with van der Waals surface area (Å²) in [6.07, 6.45) is 9.96. The molecule has 0 saturated heterocycles. The molecule has 92 valence electrons. The Hall–Kier alpha value is -0.550. The van der Waals surface area contributed by atoms with Crippen LogP contribution in [0.15, 0.2) is 0 Å². The predicted molar refractivity (Wildman–Crippen MR) is 68.1 cm³/mol. The van der Waals surface area contributed by atoms with E-state index in [1.165, 1.54) is 38.5 Å². The van der Waals surface area contributed by atoms with E-state index < -0.39 is 0 Å². The summed E-state index contributed by atoms with van der Waals surface area (Å²) >= 11 is 0. The lowest BCUT2D eigenvalue weighted by Gasteiger charge is -2.27. The van der Waals surface area contributed by atoms with Crippen LogP contribution < -0.4 is 5.32 Å². The lowest BCUT2D eigenvalue weighted by atomic mass is 9.87. The molecule has 0 aromatic rings. The Labute approximate surface area is 100 Å². The highest BCUT2D eigenvalue weighted by molar-refractivity contribution is 4.81. The molecule has 16 heavy (non-hydrogen) atoms. The molecule has 1 aliphatic rings. The van der Waals surface area contributed by atoms with Crippen LogP contribution in [0.2, 0.25) is 0 Å². The third-order valence-corrected chi connectivity index (χ3v) is 3.64. The SMILES string of the molecule is CC(C)(CCC#N)CNC1CCCCCC1. The molecule has 0 spiro atoms. The van der Waals surface area contributed by atoms with E-state index in [1.807, 2.05) is 0 Å². The van der Waals surface area contributed by atoms with E-state index in [0.717, 1.165) is 19.0 Å². The van der Waals surface area contributed by atoms with E-state index in [4.69, 9.17) is 5.26 Å². The standard InChI is InChI=1S/C14H26N2/c1-14(2,10-7-11-15)12-16-13-8-5-3-4-6-9-13/h13,16H,3-10,12H2,1-2H3. The van der Waals surface area contributed by atoms with Crippen molar-refractivity contribution in [1.29, 1.82) is 5.26 Å². The first-order chi connectivity index (χ1) is 7.64. The number of nitrogens with one attached hydrogen (secondary N) is 1. The summed E-state index contributed by atoms with van der Waals surface area (Å²) in [5.74, 6) is 0. The Balaban J connectivity index is 2.23. The molecule has 2 nitrogen and oxygen atoms in total. The second-order valence-electron chi connectivity index (χ2n) is 5.89. The molecule has 1 saturated carbocycles. The summed E-state index contributed by atoms with van der Waals surface area (Å²) in [4.78, 5) is 0. The van der Waals surface area contributed by atoms with Gasteiger partial charge in [0.2, 0.25) is 0 Å². The van der Waals surface area contributed by atoms with Gasteiger partial charge in [-0.25, -0.2) is 0 Å². The maximum atomic E-state index is 8.61. The predicted octanol–water partition coefficient (Wildman–Crippen LogP) is 3.63. The highest BCUT2D eigenvalue weighted by Gasteiger charge is 2.19. The molecule has 0 heterocycles. The zero-order valence-corrected chi connectivity index (χ0v) is 10.9. The van der Waals surface area contributed by atoms with E-state index in [1.54, 1.807) is 0 Å². The van der Waals surface area contributed by atoms with Gasteiger partial charge < -0.3 is 5.32 Å². The molecule has 0 bridgehead atoms. The first-order valence-electron chi connectivity index (χ1n) is 6.74. The maximum absolute atomic E-state index is 8.61. The number of rotatable bonds is 5. The van der Waals surface area contributed by atoms with E-state index in [2.05, 4.69) is 25.2 Å². The van der Waals surface area contributed by atoms with Gasteiger partial charge in [-0.1, -0.05) is 39.5 Å². The van der Waals surface area contributed by atoms with Crippen LogP contribution in [-0.2, 0) is 0 Å². The second-order valence-corrected chi connectivity index (χ2v) is 5.89. The maximum Gasteiger partial charge on any atom is 0.0621 e. The lowest BCUT2D eigenvalue weighted by Crippen LogP contribution is -2.36. The Kier molecular flexibility index (Phi) is 5.84. The van der Waals surface area contributed by atoms with Crippen LogP contribution in [0.3, 0.4) is 0 Å². The van der Waals surface area contributed by atoms with Crippen molar-refractivity contribution in [2.75, 3.05) is 6.54 Å². The fourth-order valence-corrected chi connectivity index (χ4v) is 2.39. The van der Waals surface area contributed by atoms with Gasteiger partial charge in [0, 0.05) is 19.0 Å². The van der Waals surface area contributed by atoms with Crippen LogP contribution in [0.1, 0.15) is 65.2 Å². The zero-order chi connectivity index (χ0) is 11.9. The average Bonchev–Trinajstić information content (AvgIpc) is 2.52. The highest BCUT2D eigenvalue weighted by Crippen LogP contribution is 2.23. The molecule has 1 aliphatic carbocycles. The van der Waals surface area contributed by atoms with Crippen molar-refractivity contribution in [3.05, 3.63) is 0 Å². The van der Waals surface area contributed by atoms with Crippen molar-refractivity contribution in [1.82, 2.24) is 5.32 Å². The Bertz CT molecular complexity index is 219. The molecule has 0 amide bonds. The van der Waals surface area contributed by atoms with Gasteiger partial charge in [-0.05, 0) is 24.7 Å². The fourth-order valence-electron chi connectivity index (χ4n) is 2.39. The Morgan fingerprint density at radius 2 is 1.81 bits per heavy atom. The molecule has 0 atom stereocenters. The van der Waals surface area contributed by atoms with Crippen LogP contribution in [-0.4, -0.2) is 12.6 Å². The molecule has 0 unspecified atom stereocenters. The molecule has 0 aromatic heterocycles. The third kappa shape index (κ3) is 5.51. The molecular formula is C14H26N2. The van der Waals surface area contributed by atoms with Gasteiger partial charge in [-0.3, -0.25) is 0 Å². The minimum absolute atomic E-state index is 0.266. The zero-order valence-electron chi connectivity index (χ0n) is 10.9. The highest BCUT2D eigenvalue weighted by atomic mass is 14.9. The number of hydrogen-bond acceptors (Lipinski definition) is 2. The van der Waals surface area contributed by atoms with E-state index in [9.17, 15) is 0 Å². The first kappa shape index (κ1) is 13.5. The summed E-state index contributed by atoms with van der Waals surface area (Å²) in [5.41, 5.74) is 0.266. The fraction of sp³-hybridized carbons (Fsp3) is 0.929. The van der Waals surface area contributed by atoms with Crippen LogP contribution >= 0.6 is 0 Å². The van der Waals surface area contributed by atoms with Gasteiger partial charge in [-0.2, -0.15) is 5.26 Å². The molecule has 0 aromatic carbocycles. The van der Waals surface area contributed by atoms with Gasteiger partial charge in [0.25, 0.3) is 0 Å². The normalized spacial score (nSPS) is 19.1. The summed E-state index contributed by atoms with van der Waals surface area (Å²) in [6, 6.07) is 2.97. The summed E-state index contributed by atoms with van der Waals surface area (Å²) < 4.78 is 0. The third-order valence-electron chi connectivity index (χ3n) is 3.64. The summed E-state index contributed by atoms with van der Waals surface area (Å²) in [5, 5.41) is 12.3. The molecule has 0 radical (unpaired) electrons. The van der Waals surface area contributed by atoms with Crippen molar-refractivity contribution in [3.63, 3.8) is 0 Å². The van der Waals surface area contributed by atoms with E-state index in [-0.39, 0.29) is 5.41 Å². The Morgan fingerprint density at radius 3 is 2.38 bits per heavy atom. The average molecular weight is 222 g/mol. The number of nitriles is 1. The van der Waals surface area contributed by atoms with Gasteiger partial charge in [0.05, 0.1) is 6.07 Å². The largest absolute Gasteiger partial charge is 0.313 e. The Morgan fingerprint density at radius 1 is 1.19 bits per heavy atom. The molecule has 1 N–H and O–H groups in total. The van der Waals surface area contributed by atoms with Crippen molar-refractivity contribution < 1.29 is 0 Å². The number of hydrogen-bond donors (Lipinski definition) is 1. The minimum Gasteiger partial charge on any atom is -0.313 e. The van der Waals surface area contributed by atoms with Crippen LogP contribution in [0.5, 0.6) is 0 Å². The quantitative estimate of drug-likeness (QED) is 0.721. The van der Waals surface area contributed by atoms with Crippen LogP contribution in [0.4, 0.5) is 0 Å². The summed E-state index contributed by atoms with van der Waals surface area (Å²) in [7, 11) is 0. The van der Waals surface area contributed by atoms with E-state index in [0.29, 0.717) is 6.42 Å². The van der Waals surface area contributed by atoms with Gasteiger partial charge in [0.15, 0.2) is 0 Å². The van der Waals surface area contributed by atoms with E-state index >= 15 is 0 Å². The van der Waals surface area contributed by atoms with Crippen molar-refractivity contribution in [2.45, 2.75) is 71.3 Å². The lowest BCUT2D eigenvalue weighted by molar-refractivity contribution is 0.291. The number of nitrogens with zero attached hydrogens (tertiary/aromatic N) is 1. The molecule has 0 aliphatic heterocycles.